The molecule has 0 spiro atoms. The maximum atomic E-state index is 13.1. The summed E-state index contributed by atoms with van der Waals surface area (Å²) in [6, 6.07) is 7.33. The van der Waals surface area contributed by atoms with Crippen LogP contribution in [0.15, 0.2) is 24.3 Å². The smallest absolute Gasteiger partial charge is 0.341 e. The zero-order valence-electron chi connectivity index (χ0n) is 18.8. The summed E-state index contributed by atoms with van der Waals surface area (Å²) in [7, 11) is 0. The van der Waals surface area contributed by atoms with E-state index in [1.807, 2.05) is 25.1 Å². The molecule has 11 heteroatoms. The van der Waals surface area contributed by atoms with Gasteiger partial charge >= 0.3 is 5.97 Å². The number of ether oxygens (including phenoxy) is 1. The van der Waals surface area contributed by atoms with E-state index in [2.05, 4.69) is 16.0 Å². The molecule has 180 valence electrons. The summed E-state index contributed by atoms with van der Waals surface area (Å²) in [4.78, 5) is 38.3. The molecule has 2 aromatic rings. The van der Waals surface area contributed by atoms with Gasteiger partial charge in [0.25, 0.3) is 5.91 Å². The number of alkyl halides is 3. The number of para-hydroxylation sites is 1. The number of benzene rings is 1. The van der Waals surface area contributed by atoms with Crippen molar-refractivity contribution in [3.63, 3.8) is 0 Å². The van der Waals surface area contributed by atoms with Crippen molar-refractivity contribution in [2.75, 3.05) is 17.2 Å². The van der Waals surface area contributed by atoms with Crippen LogP contribution < -0.4 is 16.0 Å². The van der Waals surface area contributed by atoms with Crippen LogP contribution in [0.2, 0.25) is 0 Å². The lowest BCUT2D eigenvalue weighted by molar-refractivity contribution is -0.124. The topological polar surface area (TPSA) is 96.5 Å². The minimum Gasteiger partial charge on any atom is -0.462 e. The van der Waals surface area contributed by atoms with Crippen molar-refractivity contribution < 1.29 is 19.1 Å². The first kappa shape index (κ1) is 27.2. The molecule has 3 N–H and O–H groups in total. The molecule has 0 bridgehead atoms. The lowest BCUT2D eigenvalue weighted by Gasteiger charge is -2.28. The van der Waals surface area contributed by atoms with Gasteiger partial charge in [-0.2, -0.15) is 0 Å². The van der Waals surface area contributed by atoms with Crippen LogP contribution in [0.25, 0.3) is 0 Å². The minimum absolute atomic E-state index is 0.134. The van der Waals surface area contributed by atoms with Crippen molar-refractivity contribution in [1.29, 1.82) is 0 Å². The Morgan fingerprint density at radius 1 is 1.12 bits per heavy atom. The maximum Gasteiger partial charge on any atom is 0.341 e. The highest BCUT2D eigenvalue weighted by atomic mass is 35.6. The lowest BCUT2D eigenvalue weighted by atomic mass is 10.1. The molecular formula is C22H26Cl3N3O4S. The second-order valence-corrected chi connectivity index (χ2v) is 10.9. The Hall–Kier alpha value is -2.00. The highest BCUT2D eigenvalue weighted by Gasteiger charge is 2.37. The van der Waals surface area contributed by atoms with Crippen LogP contribution in [0.3, 0.4) is 0 Å². The Balaban J connectivity index is 2.47. The Bertz CT molecular complexity index is 1030. The largest absolute Gasteiger partial charge is 0.462 e. The summed E-state index contributed by atoms with van der Waals surface area (Å²) >= 11 is 19.3. The highest BCUT2D eigenvalue weighted by Crippen LogP contribution is 2.38. The van der Waals surface area contributed by atoms with Gasteiger partial charge in [-0.15, -0.1) is 11.3 Å². The van der Waals surface area contributed by atoms with Gasteiger partial charge in [-0.05, 0) is 38.0 Å². The van der Waals surface area contributed by atoms with E-state index in [4.69, 9.17) is 39.5 Å². The van der Waals surface area contributed by atoms with Crippen LogP contribution in [0.1, 0.15) is 51.9 Å². The maximum absolute atomic E-state index is 13.1. The first-order chi connectivity index (χ1) is 15.4. The number of carbonyl (C=O) groups excluding carboxylic acids is 3. The van der Waals surface area contributed by atoms with E-state index in [0.29, 0.717) is 11.3 Å². The molecule has 33 heavy (non-hydrogen) atoms. The van der Waals surface area contributed by atoms with Gasteiger partial charge in [-0.1, -0.05) is 66.8 Å². The quantitative estimate of drug-likeness (QED) is 0.230. The van der Waals surface area contributed by atoms with Crippen LogP contribution in [0.5, 0.6) is 0 Å². The number of esters is 1. The predicted molar refractivity (Wildman–Crippen MR) is 135 cm³/mol. The summed E-state index contributed by atoms with van der Waals surface area (Å²) in [6.07, 6.45) is -1.17. The SMILES string of the molecule is CCOC(=O)c1c(N[C@@H](NC(=O)C(C)C)C(Cl)(Cl)Cl)sc(C(=O)Nc2ccccc2C)c1C. The molecule has 0 radical (unpaired) electrons. The number of hydrogen-bond donors (Lipinski definition) is 3. The average Bonchev–Trinajstić information content (AvgIpc) is 3.04. The van der Waals surface area contributed by atoms with Gasteiger partial charge < -0.3 is 20.7 Å². The minimum atomic E-state index is -1.95. The van der Waals surface area contributed by atoms with E-state index in [1.54, 1.807) is 33.8 Å². The van der Waals surface area contributed by atoms with Crippen molar-refractivity contribution in [2.24, 2.45) is 5.92 Å². The third-order valence-electron chi connectivity index (χ3n) is 4.64. The highest BCUT2D eigenvalue weighted by molar-refractivity contribution is 7.18. The van der Waals surface area contributed by atoms with Crippen LogP contribution in [-0.2, 0) is 9.53 Å². The number of hydrogen-bond acceptors (Lipinski definition) is 6. The monoisotopic (exact) mass is 533 g/mol. The van der Waals surface area contributed by atoms with Gasteiger partial charge in [0, 0.05) is 11.6 Å². The van der Waals surface area contributed by atoms with Gasteiger partial charge in [-0.25, -0.2) is 4.79 Å². The lowest BCUT2D eigenvalue weighted by Crippen LogP contribution is -2.50. The Labute approximate surface area is 212 Å². The third-order valence-corrected chi connectivity index (χ3v) is 6.52. The number of anilines is 2. The van der Waals surface area contributed by atoms with Gasteiger partial charge in [-0.3, -0.25) is 9.59 Å². The Morgan fingerprint density at radius 3 is 2.30 bits per heavy atom. The number of rotatable bonds is 8. The Kier molecular flexibility index (Phi) is 9.43. The second-order valence-electron chi connectivity index (χ2n) is 7.53. The van der Waals surface area contributed by atoms with Crippen molar-refractivity contribution in [1.82, 2.24) is 5.32 Å². The first-order valence-corrected chi connectivity index (χ1v) is 12.1. The van der Waals surface area contributed by atoms with Crippen molar-refractivity contribution in [3.8, 4) is 0 Å². The van der Waals surface area contributed by atoms with Gasteiger partial charge in [0.05, 0.1) is 17.0 Å². The van der Waals surface area contributed by atoms with E-state index >= 15 is 0 Å². The zero-order valence-corrected chi connectivity index (χ0v) is 21.9. The molecule has 1 atom stereocenters. The van der Waals surface area contributed by atoms with Crippen LogP contribution in [-0.4, -0.2) is 34.3 Å². The van der Waals surface area contributed by atoms with Crippen molar-refractivity contribution in [2.45, 2.75) is 44.6 Å². The van der Waals surface area contributed by atoms with Crippen LogP contribution in [0, 0.1) is 19.8 Å². The molecule has 1 aromatic heterocycles. The fourth-order valence-electron chi connectivity index (χ4n) is 2.81. The van der Waals surface area contributed by atoms with E-state index in [1.165, 1.54) is 0 Å². The summed E-state index contributed by atoms with van der Waals surface area (Å²) in [6.45, 7) is 8.70. The van der Waals surface area contributed by atoms with Crippen molar-refractivity contribution in [3.05, 3.63) is 45.8 Å². The summed E-state index contributed by atoms with van der Waals surface area (Å²) in [5.41, 5.74) is 2.07. The number of aryl methyl sites for hydroxylation is 1. The molecule has 0 unspecified atom stereocenters. The Morgan fingerprint density at radius 2 is 1.76 bits per heavy atom. The molecule has 1 heterocycles. The number of thiophene rings is 1. The second kappa shape index (κ2) is 11.4. The molecule has 2 rings (SSSR count). The van der Waals surface area contributed by atoms with E-state index in [-0.39, 0.29) is 33.9 Å². The third kappa shape index (κ3) is 6.99. The zero-order chi connectivity index (χ0) is 24.9. The van der Waals surface area contributed by atoms with E-state index in [9.17, 15) is 14.4 Å². The van der Waals surface area contributed by atoms with E-state index < -0.39 is 21.8 Å². The predicted octanol–water partition coefficient (Wildman–Crippen LogP) is 5.67. The van der Waals surface area contributed by atoms with Gasteiger partial charge in [0.2, 0.25) is 9.70 Å². The summed E-state index contributed by atoms with van der Waals surface area (Å²) in [5, 5.41) is 8.62. The van der Waals surface area contributed by atoms with E-state index in [0.717, 1.165) is 16.9 Å². The molecule has 0 aliphatic carbocycles. The van der Waals surface area contributed by atoms with Gasteiger partial charge in [0.1, 0.15) is 11.2 Å². The molecule has 0 saturated carbocycles. The normalized spacial score (nSPS) is 12.3. The number of halogens is 3. The number of carbonyl (C=O) groups is 3. The number of amides is 2. The molecule has 0 aliphatic rings. The molecule has 0 aliphatic heterocycles. The molecule has 0 saturated heterocycles. The summed E-state index contributed by atoms with van der Waals surface area (Å²) < 4.78 is 3.23. The first-order valence-electron chi connectivity index (χ1n) is 10.2. The number of nitrogens with one attached hydrogen (secondary N) is 3. The molecular weight excluding hydrogens is 509 g/mol. The van der Waals surface area contributed by atoms with Crippen LogP contribution >= 0.6 is 46.1 Å². The average molecular weight is 535 g/mol. The fourth-order valence-corrected chi connectivity index (χ4v) is 4.26. The van der Waals surface area contributed by atoms with Crippen LogP contribution in [0.4, 0.5) is 10.7 Å². The molecule has 7 nitrogen and oxygen atoms in total. The standard InChI is InChI=1S/C22H26Cl3N3O4S/c1-6-32-20(31)15-13(5)16(18(30)26-14-10-8-7-9-12(14)4)33-19(15)28-21(22(23,24)25)27-17(29)11(2)3/h7-11,21,28H,6H2,1-5H3,(H,26,30)(H,27,29)/t21-/m1/s1. The fraction of sp³-hybridized carbons (Fsp3) is 0.409. The van der Waals surface area contributed by atoms with Gasteiger partial charge in [0.15, 0.2) is 0 Å². The summed E-state index contributed by atoms with van der Waals surface area (Å²) in [5.74, 6) is -1.77. The molecule has 1 aromatic carbocycles. The van der Waals surface area contributed by atoms with Crippen molar-refractivity contribution >= 4 is 74.6 Å². The molecule has 2 amide bonds. The molecule has 0 fully saturated rings.